The van der Waals surface area contributed by atoms with Crippen LogP contribution in [0.1, 0.15) is 49.4 Å². The number of para-hydroxylation sites is 2. The summed E-state index contributed by atoms with van der Waals surface area (Å²) in [6, 6.07) is 18.5. The van der Waals surface area contributed by atoms with Gasteiger partial charge in [0.1, 0.15) is 17.4 Å². The monoisotopic (exact) mass is 576 g/mol. The molecule has 1 aliphatic rings. The Bertz CT molecular complexity index is 1560. The molecule has 1 fully saturated rings. The number of hydrogen-bond acceptors (Lipinski definition) is 5. The fourth-order valence-corrected chi connectivity index (χ4v) is 5.12. The molecule has 9 heteroatoms. The summed E-state index contributed by atoms with van der Waals surface area (Å²) in [5.74, 6) is 0.336. The molecule has 194 valence electrons. The maximum atomic E-state index is 13.7. The van der Waals surface area contributed by atoms with Gasteiger partial charge in [0, 0.05) is 5.92 Å². The molecule has 7 nitrogen and oxygen atoms in total. The highest BCUT2D eigenvalue weighted by Gasteiger charge is 2.22. The van der Waals surface area contributed by atoms with Gasteiger partial charge in [-0.1, -0.05) is 43.5 Å². The van der Waals surface area contributed by atoms with Crippen LogP contribution in [0.2, 0.25) is 0 Å². The lowest BCUT2D eigenvalue weighted by atomic mass is 9.88. The summed E-state index contributed by atoms with van der Waals surface area (Å²) in [7, 11) is 0. The number of fused-ring (bicyclic) bond motifs is 1. The van der Waals surface area contributed by atoms with Crippen LogP contribution in [0.5, 0.6) is 5.75 Å². The summed E-state index contributed by atoms with van der Waals surface area (Å²) in [6.45, 7) is -0.288. The minimum atomic E-state index is -0.516. The number of halogens is 2. The Morgan fingerprint density at radius 1 is 1.11 bits per heavy atom. The van der Waals surface area contributed by atoms with Crippen LogP contribution in [0.4, 0.5) is 10.1 Å². The normalized spacial score (nSPS) is 14.2. The summed E-state index contributed by atoms with van der Waals surface area (Å²) in [5.41, 5.74) is 1.33. The Kier molecular flexibility index (Phi) is 7.93. The highest BCUT2D eigenvalue weighted by Crippen LogP contribution is 2.32. The number of anilines is 1. The van der Waals surface area contributed by atoms with Gasteiger partial charge in [0.2, 0.25) is 0 Å². The lowest BCUT2D eigenvalue weighted by Gasteiger charge is -2.22. The maximum absolute atomic E-state index is 13.7. The van der Waals surface area contributed by atoms with Gasteiger partial charge in [-0.25, -0.2) is 9.37 Å². The quantitative estimate of drug-likeness (QED) is 0.264. The van der Waals surface area contributed by atoms with Gasteiger partial charge in [-0.15, -0.1) is 0 Å². The van der Waals surface area contributed by atoms with Crippen LogP contribution in [0, 0.1) is 5.82 Å². The van der Waals surface area contributed by atoms with Gasteiger partial charge in [-0.05, 0) is 76.8 Å². The molecule has 1 heterocycles. The maximum Gasteiger partial charge on any atom is 0.282 e. The molecular weight excluding hydrogens is 551 g/mol. The van der Waals surface area contributed by atoms with E-state index >= 15 is 0 Å². The first-order chi connectivity index (χ1) is 18.5. The van der Waals surface area contributed by atoms with Gasteiger partial charge in [-0.2, -0.15) is 9.78 Å². The number of aromatic nitrogens is 2. The highest BCUT2D eigenvalue weighted by molar-refractivity contribution is 9.10. The molecule has 5 rings (SSSR count). The smallest absolute Gasteiger partial charge is 0.282 e. The van der Waals surface area contributed by atoms with Crippen molar-refractivity contribution in [1.29, 1.82) is 0 Å². The van der Waals surface area contributed by atoms with Crippen LogP contribution in [-0.4, -0.2) is 28.4 Å². The summed E-state index contributed by atoms with van der Waals surface area (Å²) in [6.07, 6.45) is 7.02. The van der Waals surface area contributed by atoms with Crippen LogP contribution in [0.15, 0.2) is 81.1 Å². The molecule has 0 atom stereocenters. The number of nitrogens with zero attached hydrogens (tertiary/aromatic N) is 3. The molecule has 0 saturated heterocycles. The van der Waals surface area contributed by atoms with E-state index in [1.807, 2.05) is 18.2 Å². The van der Waals surface area contributed by atoms with Crippen molar-refractivity contribution in [3.63, 3.8) is 0 Å². The zero-order valence-electron chi connectivity index (χ0n) is 20.6. The number of hydrogen-bond donors (Lipinski definition) is 1. The van der Waals surface area contributed by atoms with E-state index in [-0.39, 0.29) is 23.8 Å². The second-order valence-corrected chi connectivity index (χ2v) is 10.0. The van der Waals surface area contributed by atoms with Crippen LogP contribution in [-0.2, 0) is 4.79 Å². The Balaban J connectivity index is 1.34. The number of benzene rings is 3. The van der Waals surface area contributed by atoms with Gasteiger partial charge in [-0.3, -0.25) is 9.59 Å². The second-order valence-electron chi connectivity index (χ2n) is 9.19. The van der Waals surface area contributed by atoms with Gasteiger partial charge < -0.3 is 10.1 Å². The van der Waals surface area contributed by atoms with E-state index in [0.717, 1.165) is 31.2 Å². The van der Waals surface area contributed by atoms with Crippen LogP contribution < -0.4 is 15.6 Å². The standard InChI is InChI=1S/C29H26BrFN4O3/c30-22-16-19(14-15-26(22)38-18-27(36)33-25-13-7-5-11-23(25)31)17-32-35-28(20-8-2-1-3-9-20)34-24-12-6-4-10-21(24)29(35)37/h4-7,10-17,20H,1-3,8-9,18H2,(H,33,36). The average molecular weight is 577 g/mol. The van der Waals surface area contributed by atoms with Crippen molar-refractivity contribution in [2.24, 2.45) is 5.10 Å². The molecule has 38 heavy (non-hydrogen) atoms. The molecule has 1 N–H and O–H groups in total. The fraction of sp³-hybridized carbons (Fsp3) is 0.241. The van der Waals surface area contributed by atoms with Crippen molar-refractivity contribution < 1.29 is 13.9 Å². The third kappa shape index (κ3) is 5.83. The van der Waals surface area contributed by atoms with Gasteiger partial charge in [0.25, 0.3) is 11.5 Å². The molecular formula is C29H26BrFN4O3. The predicted octanol–water partition coefficient (Wildman–Crippen LogP) is 6.25. The van der Waals surface area contributed by atoms with E-state index in [1.165, 1.54) is 23.2 Å². The number of carbonyl (C=O) groups is 1. The number of nitrogens with one attached hydrogen (secondary N) is 1. The molecule has 0 aliphatic heterocycles. The van der Waals surface area contributed by atoms with Gasteiger partial charge in [0.05, 0.1) is 27.3 Å². The third-order valence-corrected chi connectivity index (χ3v) is 7.15. The summed E-state index contributed by atoms with van der Waals surface area (Å²) < 4.78 is 21.4. The summed E-state index contributed by atoms with van der Waals surface area (Å²) >= 11 is 3.47. The Labute approximate surface area is 227 Å². The first-order valence-electron chi connectivity index (χ1n) is 12.5. The molecule has 1 aliphatic carbocycles. The van der Waals surface area contributed by atoms with E-state index in [9.17, 15) is 14.0 Å². The fourth-order valence-electron chi connectivity index (χ4n) is 4.61. The van der Waals surface area contributed by atoms with Gasteiger partial charge in [0.15, 0.2) is 6.61 Å². The third-order valence-electron chi connectivity index (χ3n) is 6.53. The zero-order chi connectivity index (χ0) is 26.5. The molecule has 3 aromatic carbocycles. The molecule has 1 aromatic heterocycles. The van der Waals surface area contributed by atoms with E-state index in [1.54, 1.807) is 42.6 Å². The second kappa shape index (κ2) is 11.7. The summed E-state index contributed by atoms with van der Waals surface area (Å²) in [5, 5.41) is 7.57. The average Bonchev–Trinajstić information content (AvgIpc) is 2.94. The molecule has 4 aromatic rings. The molecule has 0 radical (unpaired) electrons. The Hall–Kier alpha value is -3.85. The highest BCUT2D eigenvalue weighted by atomic mass is 79.9. The van der Waals surface area contributed by atoms with Gasteiger partial charge >= 0.3 is 0 Å². The van der Waals surface area contributed by atoms with E-state index < -0.39 is 11.7 Å². The number of ether oxygens (including phenoxy) is 1. The minimum absolute atomic E-state index is 0.0951. The first kappa shape index (κ1) is 25.8. The van der Waals surface area contributed by atoms with Crippen molar-refractivity contribution in [2.45, 2.75) is 38.0 Å². The Morgan fingerprint density at radius 2 is 1.87 bits per heavy atom. The molecule has 0 unspecified atom stereocenters. The number of amides is 1. The summed E-state index contributed by atoms with van der Waals surface area (Å²) in [4.78, 5) is 30.4. The topological polar surface area (TPSA) is 85.6 Å². The van der Waals surface area contributed by atoms with Crippen molar-refractivity contribution in [1.82, 2.24) is 9.66 Å². The van der Waals surface area contributed by atoms with Crippen molar-refractivity contribution >= 4 is 44.6 Å². The van der Waals surface area contributed by atoms with E-state index in [2.05, 4.69) is 26.3 Å². The van der Waals surface area contributed by atoms with Crippen molar-refractivity contribution in [2.75, 3.05) is 11.9 Å². The first-order valence-corrected chi connectivity index (χ1v) is 13.3. The van der Waals surface area contributed by atoms with Crippen LogP contribution >= 0.6 is 15.9 Å². The molecule has 0 bridgehead atoms. The predicted molar refractivity (Wildman–Crippen MR) is 149 cm³/mol. The lowest BCUT2D eigenvalue weighted by Crippen LogP contribution is -2.25. The minimum Gasteiger partial charge on any atom is -0.483 e. The molecule has 0 spiro atoms. The zero-order valence-corrected chi connectivity index (χ0v) is 22.2. The number of carbonyl (C=O) groups excluding carboxylic acids is 1. The molecule has 1 saturated carbocycles. The van der Waals surface area contributed by atoms with Crippen molar-refractivity contribution in [3.8, 4) is 5.75 Å². The van der Waals surface area contributed by atoms with Crippen LogP contribution in [0.3, 0.4) is 0 Å². The largest absolute Gasteiger partial charge is 0.483 e. The SMILES string of the molecule is O=C(COc1ccc(C=Nn2c(C3CCCCC3)nc3ccccc3c2=O)cc1Br)Nc1ccccc1F. The van der Waals surface area contributed by atoms with E-state index in [0.29, 0.717) is 26.9 Å². The Morgan fingerprint density at radius 3 is 2.66 bits per heavy atom. The van der Waals surface area contributed by atoms with Crippen LogP contribution in [0.25, 0.3) is 10.9 Å². The number of rotatable bonds is 7. The van der Waals surface area contributed by atoms with Crippen molar-refractivity contribution in [3.05, 3.63) is 98.8 Å². The lowest BCUT2D eigenvalue weighted by molar-refractivity contribution is -0.118. The van der Waals surface area contributed by atoms with E-state index in [4.69, 9.17) is 9.72 Å². The molecule has 1 amide bonds.